The maximum Gasteiger partial charge on any atom is 0.410 e. The molecule has 1 aliphatic heterocycles. The fourth-order valence-electron chi connectivity index (χ4n) is 3.09. The third-order valence-electron chi connectivity index (χ3n) is 4.11. The predicted molar refractivity (Wildman–Crippen MR) is 87.6 cm³/mol. The number of ether oxygens (including phenoxy) is 1. The summed E-state index contributed by atoms with van der Waals surface area (Å²) in [5, 5.41) is 9.54. The molecule has 5 nitrogen and oxygen atoms in total. The van der Waals surface area contributed by atoms with Crippen molar-refractivity contribution in [2.75, 3.05) is 13.1 Å². The minimum absolute atomic E-state index is 0.183. The van der Waals surface area contributed by atoms with Crippen LogP contribution in [-0.4, -0.2) is 40.8 Å². The highest BCUT2D eigenvalue weighted by Crippen LogP contribution is 2.35. The molecule has 0 unspecified atom stereocenters. The van der Waals surface area contributed by atoms with Crippen LogP contribution < -0.4 is 0 Å². The van der Waals surface area contributed by atoms with E-state index in [1.807, 2.05) is 32.0 Å². The Morgan fingerprint density at radius 3 is 2.39 bits per heavy atom. The monoisotopic (exact) mass is 319 g/mol. The molecule has 23 heavy (non-hydrogen) atoms. The first kappa shape index (κ1) is 17.3. The van der Waals surface area contributed by atoms with Gasteiger partial charge in [0.15, 0.2) is 0 Å². The third-order valence-corrected chi connectivity index (χ3v) is 4.11. The van der Waals surface area contributed by atoms with Crippen molar-refractivity contribution in [2.24, 2.45) is 5.92 Å². The minimum Gasteiger partial charge on any atom is -0.481 e. The summed E-state index contributed by atoms with van der Waals surface area (Å²) in [5.74, 6) is -1.69. The number of amides is 1. The molecule has 1 aromatic carbocycles. The molecule has 1 aromatic rings. The highest BCUT2D eigenvalue weighted by molar-refractivity contribution is 5.76. The van der Waals surface area contributed by atoms with Crippen LogP contribution in [-0.2, 0) is 9.53 Å². The largest absolute Gasteiger partial charge is 0.481 e. The summed E-state index contributed by atoms with van der Waals surface area (Å²) in [4.78, 5) is 25.4. The van der Waals surface area contributed by atoms with Gasteiger partial charge in [-0.05, 0) is 45.7 Å². The fourth-order valence-corrected chi connectivity index (χ4v) is 3.09. The lowest BCUT2D eigenvalue weighted by Gasteiger charge is -2.24. The van der Waals surface area contributed by atoms with Gasteiger partial charge in [0.05, 0.1) is 5.92 Å². The molecule has 0 radical (unpaired) electrons. The summed E-state index contributed by atoms with van der Waals surface area (Å²) in [6.45, 7) is 9.95. The van der Waals surface area contributed by atoms with E-state index in [1.54, 1.807) is 20.8 Å². The van der Waals surface area contributed by atoms with Crippen molar-refractivity contribution in [1.82, 2.24) is 4.90 Å². The molecule has 1 aliphatic rings. The van der Waals surface area contributed by atoms with Crippen LogP contribution in [0.15, 0.2) is 18.2 Å². The second-order valence-electron chi connectivity index (χ2n) is 7.30. The Morgan fingerprint density at radius 1 is 1.22 bits per heavy atom. The molecule has 1 heterocycles. The zero-order chi connectivity index (χ0) is 17.4. The molecule has 5 heteroatoms. The minimum atomic E-state index is -0.874. The molecule has 0 aromatic heterocycles. The van der Waals surface area contributed by atoms with Crippen molar-refractivity contribution in [3.63, 3.8) is 0 Å². The molecular weight excluding hydrogens is 294 g/mol. The van der Waals surface area contributed by atoms with Crippen LogP contribution >= 0.6 is 0 Å². The van der Waals surface area contributed by atoms with E-state index in [0.29, 0.717) is 6.54 Å². The van der Waals surface area contributed by atoms with Crippen molar-refractivity contribution >= 4 is 12.1 Å². The van der Waals surface area contributed by atoms with Gasteiger partial charge in [-0.25, -0.2) is 4.79 Å². The number of hydrogen-bond donors (Lipinski definition) is 1. The number of aryl methyl sites for hydroxylation is 2. The molecule has 2 rings (SSSR count). The first-order chi connectivity index (χ1) is 10.6. The zero-order valence-electron chi connectivity index (χ0n) is 14.4. The van der Waals surface area contributed by atoms with Crippen molar-refractivity contribution < 1.29 is 19.4 Å². The predicted octanol–water partition coefficient (Wildman–Crippen LogP) is 3.34. The first-order valence-electron chi connectivity index (χ1n) is 7.86. The first-order valence-corrected chi connectivity index (χ1v) is 7.86. The zero-order valence-corrected chi connectivity index (χ0v) is 14.4. The van der Waals surface area contributed by atoms with Gasteiger partial charge in [0, 0.05) is 19.0 Å². The van der Waals surface area contributed by atoms with Crippen molar-refractivity contribution in [3.05, 3.63) is 34.9 Å². The van der Waals surface area contributed by atoms with Crippen LogP contribution in [0, 0.1) is 19.8 Å². The lowest BCUT2D eigenvalue weighted by atomic mass is 9.86. The Hall–Kier alpha value is -2.04. The van der Waals surface area contributed by atoms with Gasteiger partial charge in [0.2, 0.25) is 0 Å². The van der Waals surface area contributed by atoms with Gasteiger partial charge < -0.3 is 14.7 Å². The number of carbonyl (C=O) groups excluding carboxylic acids is 1. The lowest BCUT2D eigenvalue weighted by molar-refractivity contribution is -0.141. The fraction of sp³-hybridized carbons (Fsp3) is 0.556. The summed E-state index contributed by atoms with van der Waals surface area (Å²) in [7, 11) is 0. The molecular formula is C18H25NO4. The quantitative estimate of drug-likeness (QED) is 0.908. The van der Waals surface area contributed by atoms with Crippen LogP contribution in [0.3, 0.4) is 0 Å². The molecule has 2 atom stereocenters. The SMILES string of the molecule is Cc1ccc([C@@H]2CN(C(=O)OC(C)(C)C)C[C@H]2C(=O)O)c(C)c1. The summed E-state index contributed by atoms with van der Waals surface area (Å²) < 4.78 is 5.38. The molecule has 0 aliphatic carbocycles. The van der Waals surface area contributed by atoms with E-state index in [-0.39, 0.29) is 12.5 Å². The Kier molecular flexibility index (Phi) is 4.68. The van der Waals surface area contributed by atoms with Crippen LogP contribution in [0.4, 0.5) is 4.79 Å². The molecule has 1 fully saturated rings. The Bertz CT molecular complexity index is 618. The van der Waals surface area contributed by atoms with Gasteiger partial charge in [0.25, 0.3) is 0 Å². The van der Waals surface area contributed by atoms with Gasteiger partial charge >= 0.3 is 12.1 Å². The summed E-state index contributed by atoms with van der Waals surface area (Å²) in [6, 6.07) is 6.01. The number of nitrogens with zero attached hydrogens (tertiary/aromatic N) is 1. The molecule has 1 N–H and O–H groups in total. The number of hydrogen-bond acceptors (Lipinski definition) is 3. The maximum atomic E-state index is 12.3. The van der Waals surface area contributed by atoms with Crippen LogP contribution in [0.5, 0.6) is 0 Å². The number of carboxylic acid groups (broad SMARTS) is 1. The van der Waals surface area contributed by atoms with Gasteiger partial charge in [-0.15, -0.1) is 0 Å². The van der Waals surface area contributed by atoms with Crippen LogP contribution in [0.1, 0.15) is 43.4 Å². The highest BCUT2D eigenvalue weighted by Gasteiger charge is 2.42. The average Bonchev–Trinajstić information content (AvgIpc) is 2.81. The topological polar surface area (TPSA) is 66.8 Å². The van der Waals surface area contributed by atoms with Crippen LogP contribution in [0.2, 0.25) is 0 Å². The van der Waals surface area contributed by atoms with Gasteiger partial charge in [-0.1, -0.05) is 23.8 Å². The molecule has 1 amide bonds. The molecule has 0 bridgehead atoms. The van der Waals surface area contributed by atoms with Crippen molar-refractivity contribution in [2.45, 2.75) is 46.1 Å². The summed E-state index contributed by atoms with van der Waals surface area (Å²) >= 11 is 0. The summed E-state index contributed by atoms with van der Waals surface area (Å²) in [5.41, 5.74) is 2.61. The van der Waals surface area contributed by atoms with E-state index in [1.165, 1.54) is 4.90 Å². The second kappa shape index (κ2) is 6.22. The average molecular weight is 319 g/mol. The van der Waals surface area contributed by atoms with Gasteiger partial charge in [-0.2, -0.15) is 0 Å². The number of aliphatic carboxylic acids is 1. The van der Waals surface area contributed by atoms with E-state index >= 15 is 0 Å². The smallest absolute Gasteiger partial charge is 0.410 e. The second-order valence-corrected chi connectivity index (χ2v) is 7.30. The third kappa shape index (κ3) is 4.03. The highest BCUT2D eigenvalue weighted by atomic mass is 16.6. The van der Waals surface area contributed by atoms with Gasteiger partial charge in [0.1, 0.15) is 5.60 Å². The Morgan fingerprint density at radius 2 is 1.87 bits per heavy atom. The Balaban J connectivity index is 2.25. The van der Waals surface area contributed by atoms with Crippen molar-refractivity contribution in [3.8, 4) is 0 Å². The number of benzene rings is 1. The van der Waals surface area contributed by atoms with E-state index in [4.69, 9.17) is 4.74 Å². The van der Waals surface area contributed by atoms with Crippen molar-refractivity contribution in [1.29, 1.82) is 0 Å². The lowest BCUT2D eigenvalue weighted by Crippen LogP contribution is -2.35. The molecule has 126 valence electrons. The number of likely N-dealkylation sites (tertiary alicyclic amines) is 1. The van der Waals surface area contributed by atoms with Gasteiger partial charge in [-0.3, -0.25) is 4.79 Å². The molecule has 1 saturated heterocycles. The standard InChI is InChI=1S/C18H25NO4/c1-11-6-7-13(12(2)8-11)14-9-19(10-15(14)16(20)21)17(22)23-18(3,4)5/h6-8,14-15H,9-10H2,1-5H3,(H,20,21)/t14-,15+/m0/s1. The van der Waals surface area contributed by atoms with E-state index < -0.39 is 23.6 Å². The van der Waals surface area contributed by atoms with E-state index in [9.17, 15) is 14.7 Å². The summed E-state index contributed by atoms with van der Waals surface area (Å²) in [6.07, 6.45) is -0.448. The maximum absolute atomic E-state index is 12.3. The Labute approximate surface area is 137 Å². The molecule has 0 saturated carbocycles. The van der Waals surface area contributed by atoms with Crippen LogP contribution in [0.25, 0.3) is 0 Å². The number of carboxylic acids is 1. The van der Waals surface area contributed by atoms with E-state index in [2.05, 4.69) is 0 Å². The number of carbonyl (C=O) groups is 2. The number of rotatable bonds is 2. The molecule has 0 spiro atoms. The van der Waals surface area contributed by atoms with E-state index in [0.717, 1.165) is 16.7 Å². The normalized spacial score (nSPS) is 21.3.